The summed E-state index contributed by atoms with van der Waals surface area (Å²) in [6.45, 7) is 1.22. The van der Waals surface area contributed by atoms with Gasteiger partial charge in [-0.3, -0.25) is 0 Å². The SMILES string of the molecule is Cc1cc(Br)ccc1-c1noc(CO)c1-c1cc(F)c(S(C)(=O)=O)cc1F. The summed E-state index contributed by atoms with van der Waals surface area (Å²) < 4.78 is 58.2. The maximum atomic E-state index is 14.7. The molecule has 0 aliphatic carbocycles. The molecule has 2 aromatic carbocycles. The zero-order chi connectivity index (χ0) is 19.9. The van der Waals surface area contributed by atoms with Gasteiger partial charge in [0.1, 0.15) is 28.8 Å². The molecule has 142 valence electrons. The number of aliphatic hydroxyl groups excluding tert-OH is 1. The van der Waals surface area contributed by atoms with Gasteiger partial charge in [-0.05, 0) is 36.8 Å². The van der Waals surface area contributed by atoms with Gasteiger partial charge in [0, 0.05) is 21.9 Å². The van der Waals surface area contributed by atoms with E-state index in [1.54, 1.807) is 19.1 Å². The standard InChI is InChI=1S/C18H14BrF2NO4S/c1-9-5-10(19)3-4-11(9)18-17(15(8-23)26-22-18)12-6-14(21)16(7-13(12)20)27(2,24)25/h3-7,23H,8H2,1-2H3. The molecule has 0 aliphatic heterocycles. The minimum absolute atomic E-state index is 0.0577. The van der Waals surface area contributed by atoms with E-state index < -0.39 is 33.0 Å². The Morgan fingerprint density at radius 2 is 1.85 bits per heavy atom. The third kappa shape index (κ3) is 3.67. The molecule has 0 saturated carbocycles. The molecule has 0 aliphatic rings. The van der Waals surface area contributed by atoms with E-state index in [2.05, 4.69) is 21.1 Å². The molecule has 0 atom stereocenters. The number of nitrogens with zero attached hydrogens (tertiary/aromatic N) is 1. The summed E-state index contributed by atoms with van der Waals surface area (Å²) in [5.74, 6) is -2.12. The minimum Gasteiger partial charge on any atom is -0.388 e. The molecule has 5 nitrogen and oxygen atoms in total. The van der Waals surface area contributed by atoms with Gasteiger partial charge in [-0.1, -0.05) is 27.2 Å². The number of benzene rings is 2. The molecule has 1 N–H and O–H groups in total. The second-order valence-electron chi connectivity index (χ2n) is 5.98. The van der Waals surface area contributed by atoms with E-state index in [9.17, 15) is 22.3 Å². The van der Waals surface area contributed by atoms with Crippen LogP contribution >= 0.6 is 15.9 Å². The normalized spacial score (nSPS) is 11.8. The van der Waals surface area contributed by atoms with Crippen LogP contribution in [0.5, 0.6) is 0 Å². The molecular formula is C18H14BrF2NO4S. The topological polar surface area (TPSA) is 80.4 Å². The quantitative estimate of drug-likeness (QED) is 0.633. The fourth-order valence-electron chi connectivity index (χ4n) is 2.79. The van der Waals surface area contributed by atoms with Gasteiger partial charge < -0.3 is 9.63 Å². The first-order chi connectivity index (χ1) is 12.6. The van der Waals surface area contributed by atoms with Crippen LogP contribution in [-0.2, 0) is 16.4 Å². The Bertz CT molecular complexity index is 1140. The van der Waals surface area contributed by atoms with Crippen LogP contribution < -0.4 is 0 Å². The lowest BCUT2D eigenvalue weighted by Gasteiger charge is -2.10. The summed E-state index contributed by atoms with van der Waals surface area (Å²) in [6, 6.07) is 6.68. The van der Waals surface area contributed by atoms with Gasteiger partial charge in [-0.2, -0.15) is 0 Å². The monoisotopic (exact) mass is 457 g/mol. The molecular weight excluding hydrogens is 444 g/mol. The molecule has 0 fully saturated rings. The van der Waals surface area contributed by atoms with Crippen LogP contribution in [0.15, 0.2) is 44.2 Å². The summed E-state index contributed by atoms with van der Waals surface area (Å²) in [5.41, 5.74) is 1.43. The number of sulfone groups is 1. The van der Waals surface area contributed by atoms with Gasteiger partial charge in [0.05, 0.1) is 5.56 Å². The first-order valence-corrected chi connectivity index (χ1v) is 10.4. The molecule has 9 heteroatoms. The molecule has 3 rings (SSSR count). The van der Waals surface area contributed by atoms with E-state index in [0.29, 0.717) is 11.6 Å². The molecule has 3 aromatic rings. The van der Waals surface area contributed by atoms with Crippen molar-refractivity contribution in [2.75, 3.05) is 6.26 Å². The van der Waals surface area contributed by atoms with Crippen molar-refractivity contribution in [2.24, 2.45) is 0 Å². The van der Waals surface area contributed by atoms with E-state index in [4.69, 9.17) is 4.52 Å². The van der Waals surface area contributed by atoms with Crippen molar-refractivity contribution in [3.63, 3.8) is 0 Å². The third-order valence-electron chi connectivity index (χ3n) is 4.04. The highest BCUT2D eigenvalue weighted by Crippen LogP contribution is 2.39. The van der Waals surface area contributed by atoms with Crippen LogP contribution in [0.3, 0.4) is 0 Å². The second kappa shape index (κ2) is 7.14. The molecule has 0 unspecified atom stereocenters. The van der Waals surface area contributed by atoms with E-state index in [1.165, 1.54) is 0 Å². The Labute approximate surface area is 162 Å². The first-order valence-electron chi connectivity index (χ1n) is 7.69. The van der Waals surface area contributed by atoms with Gasteiger partial charge in [-0.25, -0.2) is 17.2 Å². The summed E-state index contributed by atoms with van der Waals surface area (Å²) in [6.07, 6.45) is 0.791. The zero-order valence-corrected chi connectivity index (χ0v) is 16.7. The summed E-state index contributed by atoms with van der Waals surface area (Å²) in [4.78, 5) is -0.743. The van der Waals surface area contributed by atoms with Crippen LogP contribution in [-0.4, -0.2) is 24.9 Å². The van der Waals surface area contributed by atoms with Gasteiger partial charge in [0.2, 0.25) is 0 Å². The number of aromatic nitrogens is 1. The molecule has 0 saturated heterocycles. The fraction of sp³-hybridized carbons (Fsp3) is 0.167. The highest BCUT2D eigenvalue weighted by Gasteiger charge is 2.25. The van der Waals surface area contributed by atoms with Crippen molar-refractivity contribution in [3.05, 3.63) is 57.8 Å². The third-order valence-corrected chi connectivity index (χ3v) is 5.65. The molecule has 1 heterocycles. The maximum absolute atomic E-state index is 14.7. The Morgan fingerprint density at radius 3 is 2.44 bits per heavy atom. The van der Waals surface area contributed by atoms with Crippen molar-refractivity contribution >= 4 is 25.8 Å². The Balaban J connectivity index is 2.29. The largest absolute Gasteiger partial charge is 0.388 e. The molecule has 27 heavy (non-hydrogen) atoms. The summed E-state index contributed by atoms with van der Waals surface area (Å²) >= 11 is 3.35. The van der Waals surface area contributed by atoms with Crippen LogP contribution in [0, 0.1) is 18.6 Å². The van der Waals surface area contributed by atoms with E-state index in [1.807, 2.05) is 6.07 Å². The highest BCUT2D eigenvalue weighted by molar-refractivity contribution is 9.10. The first kappa shape index (κ1) is 19.7. The second-order valence-corrected chi connectivity index (χ2v) is 8.88. The van der Waals surface area contributed by atoms with Gasteiger partial charge >= 0.3 is 0 Å². The van der Waals surface area contributed by atoms with Gasteiger partial charge in [0.25, 0.3) is 0 Å². The van der Waals surface area contributed by atoms with E-state index in [0.717, 1.165) is 22.4 Å². The van der Waals surface area contributed by atoms with Crippen LogP contribution in [0.2, 0.25) is 0 Å². The number of halogens is 3. The van der Waals surface area contributed by atoms with Gasteiger partial charge in [-0.15, -0.1) is 0 Å². The van der Waals surface area contributed by atoms with Gasteiger partial charge in [0.15, 0.2) is 15.6 Å². The zero-order valence-electron chi connectivity index (χ0n) is 14.3. The minimum atomic E-state index is -3.94. The maximum Gasteiger partial charge on any atom is 0.178 e. The molecule has 0 spiro atoms. The molecule has 0 amide bonds. The van der Waals surface area contributed by atoms with Crippen molar-refractivity contribution < 1.29 is 26.8 Å². The summed E-state index contributed by atoms with van der Waals surface area (Å²) in [5, 5.41) is 13.5. The number of aliphatic hydroxyl groups is 1. The number of hydrogen-bond acceptors (Lipinski definition) is 5. The average molecular weight is 458 g/mol. The number of rotatable bonds is 4. The molecule has 0 radical (unpaired) electrons. The van der Waals surface area contributed by atoms with Crippen molar-refractivity contribution in [1.82, 2.24) is 5.16 Å². The van der Waals surface area contributed by atoms with E-state index >= 15 is 0 Å². The van der Waals surface area contributed by atoms with Crippen molar-refractivity contribution in [1.29, 1.82) is 0 Å². The lowest BCUT2D eigenvalue weighted by atomic mass is 9.96. The van der Waals surface area contributed by atoms with Crippen LogP contribution in [0.4, 0.5) is 8.78 Å². The van der Waals surface area contributed by atoms with Crippen LogP contribution in [0.1, 0.15) is 11.3 Å². The molecule has 0 bridgehead atoms. The predicted molar refractivity (Wildman–Crippen MR) is 98.8 cm³/mol. The number of hydrogen-bond donors (Lipinski definition) is 1. The summed E-state index contributed by atoms with van der Waals surface area (Å²) in [7, 11) is -3.94. The lowest BCUT2D eigenvalue weighted by molar-refractivity contribution is 0.230. The van der Waals surface area contributed by atoms with E-state index in [-0.39, 0.29) is 22.6 Å². The Kier molecular flexibility index (Phi) is 5.20. The Morgan fingerprint density at radius 1 is 1.15 bits per heavy atom. The number of aryl methyl sites for hydroxylation is 1. The Hall–Kier alpha value is -2.10. The van der Waals surface area contributed by atoms with Crippen molar-refractivity contribution in [3.8, 4) is 22.4 Å². The smallest absolute Gasteiger partial charge is 0.178 e. The average Bonchev–Trinajstić information content (AvgIpc) is 2.99. The lowest BCUT2D eigenvalue weighted by Crippen LogP contribution is -2.03. The van der Waals surface area contributed by atoms with Crippen LogP contribution in [0.25, 0.3) is 22.4 Å². The van der Waals surface area contributed by atoms with Crippen molar-refractivity contribution in [2.45, 2.75) is 18.4 Å². The fourth-order valence-corrected chi connectivity index (χ4v) is 4.00. The predicted octanol–water partition coefficient (Wildman–Crippen LogP) is 4.25. The highest BCUT2D eigenvalue weighted by atomic mass is 79.9. The molecule has 1 aromatic heterocycles.